The standard InChI is InChI=1S/C17H18F3N/c1-3-21-16(8-12-7-5-4-6-11(12)2)17-14(19)9-13(18)10-15(17)20/h4-7,9-10,16,21H,3,8H2,1-2H3. The second-order valence-electron chi connectivity index (χ2n) is 5.02. The fourth-order valence-corrected chi connectivity index (χ4v) is 2.47. The van der Waals surface area contributed by atoms with Crippen LogP contribution in [0.3, 0.4) is 0 Å². The van der Waals surface area contributed by atoms with Crippen molar-refractivity contribution in [2.75, 3.05) is 6.54 Å². The largest absolute Gasteiger partial charge is 0.310 e. The number of likely N-dealkylation sites (N-methyl/N-ethyl adjacent to an activating group) is 1. The Morgan fingerprint density at radius 2 is 1.67 bits per heavy atom. The predicted molar refractivity (Wildman–Crippen MR) is 77.6 cm³/mol. The molecule has 0 spiro atoms. The number of hydrogen-bond acceptors (Lipinski definition) is 1. The van der Waals surface area contributed by atoms with Gasteiger partial charge in [-0.3, -0.25) is 0 Å². The summed E-state index contributed by atoms with van der Waals surface area (Å²) in [5, 5.41) is 3.07. The third-order valence-corrected chi connectivity index (χ3v) is 3.53. The van der Waals surface area contributed by atoms with Gasteiger partial charge in [0.1, 0.15) is 17.5 Å². The van der Waals surface area contributed by atoms with E-state index in [1.807, 2.05) is 38.1 Å². The Hall–Kier alpha value is -1.81. The summed E-state index contributed by atoms with van der Waals surface area (Å²) < 4.78 is 41.0. The Kier molecular flexibility index (Phi) is 5.02. The van der Waals surface area contributed by atoms with E-state index in [0.717, 1.165) is 23.3 Å². The van der Waals surface area contributed by atoms with Crippen LogP contribution in [0.15, 0.2) is 36.4 Å². The SMILES string of the molecule is CCNC(Cc1ccccc1C)c1c(F)cc(F)cc1F. The fraction of sp³-hybridized carbons (Fsp3) is 0.294. The molecule has 0 aliphatic carbocycles. The molecule has 112 valence electrons. The van der Waals surface area contributed by atoms with Gasteiger partial charge in [-0.05, 0) is 31.0 Å². The first-order valence-electron chi connectivity index (χ1n) is 6.95. The summed E-state index contributed by atoms with van der Waals surface area (Å²) in [5.74, 6) is -2.61. The minimum absolute atomic E-state index is 0.110. The van der Waals surface area contributed by atoms with Gasteiger partial charge < -0.3 is 5.32 Å². The average molecular weight is 293 g/mol. The third kappa shape index (κ3) is 3.64. The smallest absolute Gasteiger partial charge is 0.133 e. The molecule has 0 saturated heterocycles. The lowest BCUT2D eigenvalue weighted by Crippen LogP contribution is -2.25. The lowest BCUT2D eigenvalue weighted by Gasteiger charge is -2.21. The molecular formula is C17H18F3N. The molecule has 0 bridgehead atoms. The Morgan fingerprint density at radius 1 is 1.05 bits per heavy atom. The lowest BCUT2D eigenvalue weighted by molar-refractivity contribution is 0.461. The molecule has 1 nitrogen and oxygen atoms in total. The lowest BCUT2D eigenvalue weighted by atomic mass is 9.95. The predicted octanol–water partition coefficient (Wildman–Crippen LogP) is 4.31. The van der Waals surface area contributed by atoms with E-state index in [4.69, 9.17) is 0 Å². The number of hydrogen-bond donors (Lipinski definition) is 1. The van der Waals surface area contributed by atoms with Gasteiger partial charge in [0.05, 0.1) is 0 Å². The van der Waals surface area contributed by atoms with Crippen molar-refractivity contribution in [1.29, 1.82) is 0 Å². The monoisotopic (exact) mass is 293 g/mol. The second-order valence-corrected chi connectivity index (χ2v) is 5.02. The zero-order valence-electron chi connectivity index (χ0n) is 12.1. The molecule has 0 heterocycles. The Labute approximate surface area is 122 Å². The van der Waals surface area contributed by atoms with Crippen molar-refractivity contribution in [2.24, 2.45) is 0 Å². The third-order valence-electron chi connectivity index (χ3n) is 3.53. The highest BCUT2D eigenvalue weighted by molar-refractivity contribution is 5.31. The molecule has 0 aliphatic rings. The Bertz CT molecular complexity index is 602. The number of halogens is 3. The highest BCUT2D eigenvalue weighted by Crippen LogP contribution is 2.26. The van der Waals surface area contributed by atoms with Crippen LogP contribution in [0, 0.1) is 24.4 Å². The van der Waals surface area contributed by atoms with E-state index in [0.29, 0.717) is 13.0 Å². The van der Waals surface area contributed by atoms with E-state index in [9.17, 15) is 13.2 Å². The summed E-state index contributed by atoms with van der Waals surface area (Å²) in [5.41, 5.74) is 1.96. The first-order chi connectivity index (χ1) is 10.0. The van der Waals surface area contributed by atoms with Gasteiger partial charge in [0.25, 0.3) is 0 Å². The summed E-state index contributed by atoms with van der Waals surface area (Å²) in [6, 6.07) is 8.61. The second kappa shape index (κ2) is 6.76. The van der Waals surface area contributed by atoms with Gasteiger partial charge in [-0.15, -0.1) is 0 Å². The molecule has 2 aromatic carbocycles. The maximum Gasteiger partial charge on any atom is 0.133 e. The van der Waals surface area contributed by atoms with E-state index in [1.165, 1.54) is 0 Å². The van der Waals surface area contributed by atoms with Crippen LogP contribution < -0.4 is 5.32 Å². The van der Waals surface area contributed by atoms with Crippen LogP contribution in [0.1, 0.15) is 29.7 Å². The highest BCUT2D eigenvalue weighted by Gasteiger charge is 2.21. The van der Waals surface area contributed by atoms with Crippen LogP contribution in [0.5, 0.6) is 0 Å². The van der Waals surface area contributed by atoms with Gasteiger partial charge in [0.15, 0.2) is 0 Å². The van der Waals surface area contributed by atoms with Gasteiger partial charge in [0.2, 0.25) is 0 Å². The van der Waals surface area contributed by atoms with E-state index in [2.05, 4.69) is 5.32 Å². The molecular weight excluding hydrogens is 275 g/mol. The Balaban J connectivity index is 2.38. The first kappa shape index (κ1) is 15.6. The Morgan fingerprint density at radius 3 is 2.24 bits per heavy atom. The molecule has 0 amide bonds. The van der Waals surface area contributed by atoms with Crippen molar-refractivity contribution in [2.45, 2.75) is 26.3 Å². The summed E-state index contributed by atoms with van der Waals surface area (Å²) in [4.78, 5) is 0. The van der Waals surface area contributed by atoms with Crippen molar-refractivity contribution in [3.05, 3.63) is 70.5 Å². The van der Waals surface area contributed by atoms with Crippen LogP contribution in [0.25, 0.3) is 0 Å². The summed E-state index contributed by atoms with van der Waals surface area (Å²) in [7, 11) is 0. The summed E-state index contributed by atoms with van der Waals surface area (Å²) in [6.07, 6.45) is 0.444. The molecule has 0 saturated carbocycles. The van der Waals surface area contributed by atoms with Gasteiger partial charge in [-0.2, -0.15) is 0 Å². The van der Waals surface area contributed by atoms with Crippen LogP contribution >= 0.6 is 0 Å². The molecule has 2 aromatic rings. The van der Waals surface area contributed by atoms with Crippen LogP contribution in [0.4, 0.5) is 13.2 Å². The zero-order valence-corrected chi connectivity index (χ0v) is 12.1. The van der Waals surface area contributed by atoms with Crippen molar-refractivity contribution in [3.8, 4) is 0 Å². The van der Waals surface area contributed by atoms with Gasteiger partial charge in [-0.25, -0.2) is 13.2 Å². The van der Waals surface area contributed by atoms with Crippen LogP contribution in [0.2, 0.25) is 0 Å². The minimum atomic E-state index is -0.903. The number of aryl methyl sites for hydroxylation is 1. The number of rotatable bonds is 5. The topological polar surface area (TPSA) is 12.0 Å². The van der Waals surface area contributed by atoms with Crippen LogP contribution in [-0.2, 0) is 6.42 Å². The highest BCUT2D eigenvalue weighted by atomic mass is 19.1. The maximum absolute atomic E-state index is 14.0. The molecule has 0 fully saturated rings. The molecule has 21 heavy (non-hydrogen) atoms. The number of benzene rings is 2. The molecule has 0 radical (unpaired) electrons. The van der Waals surface area contributed by atoms with Gasteiger partial charge in [0, 0.05) is 23.7 Å². The summed E-state index contributed by atoms with van der Waals surface area (Å²) in [6.45, 7) is 4.38. The molecule has 0 aliphatic heterocycles. The van der Waals surface area contributed by atoms with Crippen molar-refractivity contribution in [3.63, 3.8) is 0 Å². The first-order valence-corrected chi connectivity index (χ1v) is 6.95. The van der Waals surface area contributed by atoms with Gasteiger partial charge in [-0.1, -0.05) is 31.2 Å². The molecule has 2 rings (SSSR count). The normalized spacial score (nSPS) is 12.4. The van der Waals surface area contributed by atoms with Crippen LogP contribution in [-0.4, -0.2) is 6.54 Å². The average Bonchev–Trinajstić information content (AvgIpc) is 2.40. The minimum Gasteiger partial charge on any atom is -0.310 e. The van der Waals surface area contributed by atoms with Crippen molar-refractivity contribution in [1.82, 2.24) is 5.32 Å². The van der Waals surface area contributed by atoms with E-state index in [-0.39, 0.29) is 5.56 Å². The van der Waals surface area contributed by atoms with E-state index < -0.39 is 23.5 Å². The molecule has 0 aromatic heterocycles. The quantitative estimate of drug-likeness (QED) is 0.866. The van der Waals surface area contributed by atoms with Gasteiger partial charge >= 0.3 is 0 Å². The van der Waals surface area contributed by atoms with E-state index >= 15 is 0 Å². The van der Waals surface area contributed by atoms with Crippen molar-refractivity contribution < 1.29 is 13.2 Å². The molecule has 1 N–H and O–H groups in total. The fourth-order valence-electron chi connectivity index (χ4n) is 2.47. The number of nitrogens with one attached hydrogen (secondary N) is 1. The summed E-state index contributed by atoms with van der Waals surface area (Å²) >= 11 is 0. The van der Waals surface area contributed by atoms with Crippen molar-refractivity contribution >= 4 is 0 Å². The molecule has 1 unspecified atom stereocenters. The molecule has 4 heteroatoms. The zero-order chi connectivity index (χ0) is 15.4. The van der Waals surface area contributed by atoms with E-state index in [1.54, 1.807) is 0 Å². The maximum atomic E-state index is 14.0. The molecule has 1 atom stereocenters.